The van der Waals surface area contributed by atoms with Crippen LogP contribution in [0, 0.1) is 0 Å². The number of ether oxygens (including phenoxy) is 1. The van der Waals surface area contributed by atoms with Gasteiger partial charge in [-0.2, -0.15) is 5.10 Å². The molecule has 1 aromatic heterocycles. The largest absolute Gasteiger partial charge is 0.495 e. The molecule has 10 heteroatoms. The standard InChI is InChI=1S/C22H33N7O2.HI/c1-23-21(24-12-7-14-29-22(30)28-13-6-5-10-20(28)26-29)25-17-11-15-27(16-17)18-8-3-4-9-19(18)31-2;/h3-4,8-9,17H,5-7,10-16H2,1-2H3,(H2,23,24,25);1H. The van der Waals surface area contributed by atoms with E-state index in [1.807, 2.05) is 22.8 Å². The number of para-hydroxylation sites is 2. The minimum Gasteiger partial charge on any atom is -0.495 e. The van der Waals surface area contributed by atoms with E-state index in [9.17, 15) is 4.79 Å². The Labute approximate surface area is 206 Å². The lowest BCUT2D eigenvalue weighted by Crippen LogP contribution is -2.45. The molecule has 1 aromatic carbocycles. The Morgan fingerprint density at radius 2 is 2.12 bits per heavy atom. The summed E-state index contributed by atoms with van der Waals surface area (Å²) in [6, 6.07) is 8.45. The lowest BCUT2D eigenvalue weighted by molar-refractivity contribution is 0.415. The van der Waals surface area contributed by atoms with E-state index in [4.69, 9.17) is 4.74 Å². The summed E-state index contributed by atoms with van der Waals surface area (Å²) < 4.78 is 8.94. The molecule has 2 aromatic rings. The second-order valence-electron chi connectivity index (χ2n) is 8.13. The van der Waals surface area contributed by atoms with Crippen molar-refractivity contribution in [1.29, 1.82) is 0 Å². The Morgan fingerprint density at radius 3 is 2.91 bits per heavy atom. The van der Waals surface area contributed by atoms with E-state index in [2.05, 4.69) is 31.7 Å². The Bertz CT molecular complexity index is 971. The number of benzene rings is 1. The third-order valence-electron chi connectivity index (χ3n) is 6.05. The molecule has 0 amide bonds. The fourth-order valence-electron chi connectivity index (χ4n) is 4.41. The number of methoxy groups -OCH3 is 1. The Kier molecular flexibility index (Phi) is 8.83. The highest BCUT2D eigenvalue weighted by molar-refractivity contribution is 14.0. The molecule has 0 radical (unpaired) electrons. The molecule has 0 aliphatic carbocycles. The highest BCUT2D eigenvalue weighted by atomic mass is 127. The van der Waals surface area contributed by atoms with E-state index in [0.29, 0.717) is 12.6 Å². The fraction of sp³-hybridized carbons (Fsp3) is 0.591. The van der Waals surface area contributed by atoms with E-state index >= 15 is 0 Å². The summed E-state index contributed by atoms with van der Waals surface area (Å²) in [5, 5.41) is 11.4. The summed E-state index contributed by atoms with van der Waals surface area (Å²) >= 11 is 0. The Morgan fingerprint density at radius 1 is 1.28 bits per heavy atom. The SMILES string of the molecule is CN=C(NCCCn1nc2n(c1=O)CCCC2)NC1CCN(c2ccccc2OC)C1.I. The van der Waals surface area contributed by atoms with Crippen molar-refractivity contribution in [3.63, 3.8) is 0 Å². The van der Waals surface area contributed by atoms with Crippen molar-refractivity contribution in [3.05, 3.63) is 40.6 Å². The van der Waals surface area contributed by atoms with Crippen molar-refractivity contribution in [2.24, 2.45) is 4.99 Å². The molecule has 0 spiro atoms. The zero-order valence-corrected chi connectivity index (χ0v) is 21.2. The first-order chi connectivity index (χ1) is 15.2. The topological polar surface area (TPSA) is 88.7 Å². The molecule has 2 aliphatic rings. The van der Waals surface area contributed by atoms with Gasteiger partial charge in [-0.3, -0.25) is 9.56 Å². The van der Waals surface area contributed by atoms with Crippen LogP contribution in [-0.2, 0) is 19.5 Å². The second-order valence-corrected chi connectivity index (χ2v) is 8.13. The quantitative estimate of drug-likeness (QED) is 0.235. The molecule has 4 rings (SSSR count). The van der Waals surface area contributed by atoms with Gasteiger partial charge in [-0.05, 0) is 37.8 Å². The molecule has 1 saturated heterocycles. The first-order valence-corrected chi connectivity index (χ1v) is 11.2. The predicted molar refractivity (Wildman–Crippen MR) is 138 cm³/mol. The van der Waals surface area contributed by atoms with Crippen LogP contribution < -0.4 is 26.0 Å². The molecule has 3 heterocycles. The number of nitrogens with one attached hydrogen (secondary N) is 2. The first kappa shape index (κ1) is 24.4. The van der Waals surface area contributed by atoms with Crippen LogP contribution in [0.25, 0.3) is 0 Å². The van der Waals surface area contributed by atoms with E-state index in [-0.39, 0.29) is 29.7 Å². The number of hydrogen-bond donors (Lipinski definition) is 2. The molecule has 176 valence electrons. The molecule has 32 heavy (non-hydrogen) atoms. The zero-order valence-electron chi connectivity index (χ0n) is 18.9. The fourth-order valence-corrected chi connectivity index (χ4v) is 4.41. The molecule has 0 bridgehead atoms. The minimum atomic E-state index is 0. The number of aromatic nitrogens is 3. The summed E-state index contributed by atoms with van der Waals surface area (Å²) in [5.41, 5.74) is 1.16. The van der Waals surface area contributed by atoms with Gasteiger partial charge in [-0.25, -0.2) is 9.48 Å². The van der Waals surface area contributed by atoms with Gasteiger partial charge in [0, 0.05) is 52.2 Å². The molecule has 9 nitrogen and oxygen atoms in total. The van der Waals surface area contributed by atoms with Gasteiger partial charge in [0.05, 0.1) is 12.8 Å². The molecule has 1 fully saturated rings. The molecule has 2 N–H and O–H groups in total. The average molecular weight is 555 g/mol. The summed E-state index contributed by atoms with van der Waals surface area (Å²) in [7, 11) is 3.50. The van der Waals surface area contributed by atoms with Crippen LogP contribution in [0.4, 0.5) is 5.69 Å². The van der Waals surface area contributed by atoms with E-state index in [0.717, 1.165) is 81.5 Å². The van der Waals surface area contributed by atoms with Crippen LogP contribution in [-0.4, -0.2) is 60.1 Å². The third kappa shape index (κ3) is 5.57. The van der Waals surface area contributed by atoms with E-state index in [1.54, 1.807) is 18.8 Å². The maximum absolute atomic E-state index is 12.4. The smallest absolute Gasteiger partial charge is 0.345 e. The van der Waals surface area contributed by atoms with Crippen molar-refractivity contribution in [2.45, 2.75) is 51.2 Å². The molecular weight excluding hydrogens is 521 g/mol. The summed E-state index contributed by atoms with van der Waals surface area (Å²) in [6.07, 6.45) is 4.95. The van der Waals surface area contributed by atoms with Gasteiger partial charge >= 0.3 is 5.69 Å². The van der Waals surface area contributed by atoms with Crippen LogP contribution in [0.2, 0.25) is 0 Å². The maximum Gasteiger partial charge on any atom is 0.345 e. The molecular formula is C22H34IN7O2. The highest BCUT2D eigenvalue weighted by Gasteiger charge is 2.25. The summed E-state index contributed by atoms with van der Waals surface area (Å²) in [4.78, 5) is 19.1. The number of fused-ring (bicyclic) bond motifs is 1. The van der Waals surface area contributed by atoms with Gasteiger partial charge < -0.3 is 20.3 Å². The lowest BCUT2D eigenvalue weighted by atomic mass is 10.2. The van der Waals surface area contributed by atoms with E-state index in [1.165, 1.54) is 0 Å². The van der Waals surface area contributed by atoms with Crippen LogP contribution in [0.3, 0.4) is 0 Å². The van der Waals surface area contributed by atoms with Gasteiger partial charge in [-0.1, -0.05) is 12.1 Å². The maximum atomic E-state index is 12.4. The van der Waals surface area contributed by atoms with Crippen LogP contribution in [0.15, 0.2) is 34.1 Å². The summed E-state index contributed by atoms with van der Waals surface area (Å²) in [5.74, 6) is 2.63. The highest BCUT2D eigenvalue weighted by Crippen LogP contribution is 2.30. The number of rotatable bonds is 7. The molecule has 2 aliphatic heterocycles. The number of hydrogen-bond acceptors (Lipinski definition) is 5. The Hall–Kier alpha value is -2.24. The van der Waals surface area contributed by atoms with Gasteiger partial charge in [0.1, 0.15) is 11.6 Å². The predicted octanol–water partition coefficient (Wildman–Crippen LogP) is 1.84. The lowest BCUT2D eigenvalue weighted by Gasteiger charge is -2.22. The van der Waals surface area contributed by atoms with Crippen LogP contribution in [0.5, 0.6) is 5.75 Å². The van der Waals surface area contributed by atoms with Gasteiger partial charge in [0.25, 0.3) is 0 Å². The number of guanidine groups is 1. The summed E-state index contributed by atoms with van der Waals surface area (Å²) in [6.45, 7) is 4.03. The van der Waals surface area contributed by atoms with Gasteiger partial charge in [0.15, 0.2) is 5.96 Å². The van der Waals surface area contributed by atoms with Gasteiger partial charge in [-0.15, -0.1) is 24.0 Å². The van der Waals surface area contributed by atoms with Crippen molar-refractivity contribution in [3.8, 4) is 5.75 Å². The number of halogens is 1. The molecule has 1 atom stereocenters. The number of anilines is 1. The monoisotopic (exact) mass is 555 g/mol. The zero-order chi connectivity index (χ0) is 21.6. The average Bonchev–Trinajstić information content (AvgIpc) is 3.40. The van der Waals surface area contributed by atoms with Gasteiger partial charge in [0.2, 0.25) is 0 Å². The number of aliphatic imine (C=N–C) groups is 1. The number of aryl methyl sites for hydroxylation is 2. The van der Waals surface area contributed by atoms with Crippen molar-refractivity contribution in [2.75, 3.05) is 38.7 Å². The number of nitrogens with zero attached hydrogens (tertiary/aromatic N) is 5. The molecule has 0 saturated carbocycles. The normalized spacial score (nSPS) is 18.1. The first-order valence-electron chi connectivity index (χ1n) is 11.2. The van der Waals surface area contributed by atoms with Crippen molar-refractivity contribution >= 4 is 35.6 Å². The third-order valence-corrected chi connectivity index (χ3v) is 6.05. The second kappa shape index (κ2) is 11.6. The minimum absolute atomic E-state index is 0. The van der Waals surface area contributed by atoms with Crippen molar-refractivity contribution < 1.29 is 4.74 Å². The Balaban J connectivity index is 0.00000289. The molecule has 1 unspecified atom stereocenters. The van der Waals surface area contributed by atoms with Crippen LogP contribution >= 0.6 is 24.0 Å². The van der Waals surface area contributed by atoms with Crippen LogP contribution in [0.1, 0.15) is 31.5 Å². The van der Waals surface area contributed by atoms with E-state index < -0.39 is 0 Å². The van der Waals surface area contributed by atoms with Crippen molar-refractivity contribution in [1.82, 2.24) is 25.0 Å².